The van der Waals surface area contributed by atoms with Gasteiger partial charge in [0, 0.05) is 18.0 Å². The van der Waals surface area contributed by atoms with Crippen LogP contribution in [0.2, 0.25) is 0 Å². The van der Waals surface area contributed by atoms with Crippen LogP contribution in [0.1, 0.15) is 6.92 Å². The average molecular weight is 326 g/mol. The van der Waals surface area contributed by atoms with Crippen LogP contribution in [-0.4, -0.2) is 32.1 Å². The molecule has 0 spiro atoms. The Hall–Kier alpha value is -2.71. The Morgan fingerprint density at radius 3 is 2.65 bits per heavy atom. The molecule has 0 radical (unpaired) electrons. The predicted octanol–water partition coefficient (Wildman–Crippen LogP) is 3.26. The molecular formula is C14H10F4N4O. The van der Waals surface area contributed by atoms with Gasteiger partial charge in [0.05, 0.1) is 11.7 Å². The number of rotatable bonds is 3. The van der Waals surface area contributed by atoms with Crippen LogP contribution in [0.3, 0.4) is 0 Å². The molecule has 0 fully saturated rings. The van der Waals surface area contributed by atoms with Gasteiger partial charge < -0.3 is 4.74 Å². The molecule has 0 aliphatic rings. The van der Waals surface area contributed by atoms with E-state index in [2.05, 4.69) is 20.0 Å². The standard InChI is InChI=1S/C14H10F4N4O/c1-8(14(16,17)18)23-13-12(15)5-10(6-19-13)9-2-3-22-11(4-9)7-20-21-22/h2-8H,1H3/t8-/m0/s1. The molecule has 9 heteroatoms. The van der Waals surface area contributed by atoms with Gasteiger partial charge in [0.25, 0.3) is 5.88 Å². The summed E-state index contributed by atoms with van der Waals surface area (Å²) in [5, 5.41) is 7.51. The highest BCUT2D eigenvalue weighted by Crippen LogP contribution is 2.28. The minimum Gasteiger partial charge on any atom is -0.463 e. The summed E-state index contributed by atoms with van der Waals surface area (Å²) in [6.07, 6.45) is -2.34. The Morgan fingerprint density at radius 2 is 1.96 bits per heavy atom. The van der Waals surface area contributed by atoms with Crippen LogP contribution in [-0.2, 0) is 0 Å². The quantitative estimate of drug-likeness (QED) is 0.693. The molecule has 0 amide bonds. The topological polar surface area (TPSA) is 52.3 Å². The van der Waals surface area contributed by atoms with E-state index >= 15 is 0 Å². The van der Waals surface area contributed by atoms with Gasteiger partial charge in [-0.15, -0.1) is 5.10 Å². The van der Waals surface area contributed by atoms with Crippen molar-refractivity contribution in [2.24, 2.45) is 0 Å². The molecule has 1 atom stereocenters. The third kappa shape index (κ3) is 3.08. The summed E-state index contributed by atoms with van der Waals surface area (Å²) in [5.41, 5.74) is 1.72. The zero-order valence-corrected chi connectivity index (χ0v) is 11.8. The Morgan fingerprint density at radius 1 is 1.17 bits per heavy atom. The molecule has 3 rings (SSSR count). The minimum atomic E-state index is -4.59. The second kappa shape index (κ2) is 5.49. The Kier molecular flexibility index (Phi) is 3.63. The number of aromatic nitrogens is 4. The number of hydrogen-bond acceptors (Lipinski definition) is 4. The number of fused-ring (bicyclic) bond motifs is 1. The molecule has 0 saturated heterocycles. The van der Waals surface area contributed by atoms with Gasteiger partial charge in [0.2, 0.25) is 0 Å². The maximum atomic E-state index is 14.0. The van der Waals surface area contributed by atoms with Gasteiger partial charge in [-0.3, -0.25) is 0 Å². The van der Waals surface area contributed by atoms with Crippen molar-refractivity contribution in [1.29, 1.82) is 0 Å². The maximum absolute atomic E-state index is 14.0. The molecule has 23 heavy (non-hydrogen) atoms. The fraction of sp³-hybridized carbons (Fsp3) is 0.214. The van der Waals surface area contributed by atoms with Crippen LogP contribution in [0.15, 0.2) is 36.8 Å². The van der Waals surface area contributed by atoms with Crippen molar-refractivity contribution in [3.8, 4) is 17.0 Å². The molecule has 0 unspecified atom stereocenters. The van der Waals surface area contributed by atoms with Gasteiger partial charge in [0.1, 0.15) is 0 Å². The Labute approximate surface area is 127 Å². The van der Waals surface area contributed by atoms with Crippen LogP contribution in [0.25, 0.3) is 16.6 Å². The van der Waals surface area contributed by atoms with E-state index in [9.17, 15) is 17.6 Å². The van der Waals surface area contributed by atoms with E-state index < -0.39 is 24.0 Å². The van der Waals surface area contributed by atoms with Crippen molar-refractivity contribution in [1.82, 2.24) is 19.8 Å². The number of pyridine rings is 2. The molecule has 3 aromatic rings. The van der Waals surface area contributed by atoms with Gasteiger partial charge in [0.15, 0.2) is 11.9 Å². The summed E-state index contributed by atoms with van der Waals surface area (Å²) in [6, 6.07) is 4.44. The third-order valence-corrected chi connectivity index (χ3v) is 3.19. The lowest BCUT2D eigenvalue weighted by molar-refractivity contribution is -0.190. The van der Waals surface area contributed by atoms with Crippen LogP contribution >= 0.6 is 0 Å². The van der Waals surface area contributed by atoms with E-state index in [1.54, 1.807) is 18.3 Å². The fourth-order valence-corrected chi connectivity index (χ4v) is 1.91. The summed E-state index contributed by atoms with van der Waals surface area (Å²) in [4.78, 5) is 3.64. The highest BCUT2D eigenvalue weighted by molar-refractivity contribution is 5.67. The molecule has 0 aromatic carbocycles. The van der Waals surface area contributed by atoms with Crippen molar-refractivity contribution in [2.45, 2.75) is 19.2 Å². The van der Waals surface area contributed by atoms with Crippen LogP contribution in [0, 0.1) is 5.82 Å². The van der Waals surface area contributed by atoms with E-state index in [1.165, 1.54) is 16.9 Å². The zero-order valence-electron chi connectivity index (χ0n) is 11.8. The highest BCUT2D eigenvalue weighted by Gasteiger charge is 2.38. The smallest absolute Gasteiger partial charge is 0.425 e. The number of nitrogens with zero attached hydrogens (tertiary/aromatic N) is 4. The minimum absolute atomic E-state index is 0.401. The molecule has 0 aliphatic carbocycles. The summed E-state index contributed by atoms with van der Waals surface area (Å²) in [5.74, 6) is -1.66. The van der Waals surface area contributed by atoms with E-state index in [1.807, 2.05) is 0 Å². The molecule has 0 N–H and O–H groups in total. The number of ether oxygens (including phenoxy) is 1. The SMILES string of the molecule is C[C@H](Oc1ncc(-c2ccn3nncc3c2)cc1F)C(F)(F)F. The van der Waals surface area contributed by atoms with Crippen LogP contribution < -0.4 is 4.74 Å². The van der Waals surface area contributed by atoms with Crippen molar-refractivity contribution < 1.29 is 22.3 Å². The first-order valence-corrected chi connectivity index (χ1v) is 6.54. The molecule has 0 aliphatic heterocycles. The lowest BCUT2D eigenvalue weighted by Crippen LogP contribution is -2.31. The molecule has 3 heterocycles. The Balaban J connectivity index is 1.89. The van der Waals surface area contributed by atoms with Gasteiger partial charge in [-0.05, 0) is 30.7 Å². The summed E-state index contributed by atoms with van der Waals surface area (Å²) in [6.45, 7) is 0.787. The van der Waals surface area contributed by atoms with Gasteiger partial charge >= 0.3 is 6.18 Å². The first-order chi connectivity index (χ1) is 10.8. The third-order valence-electron chi connectivity index (χ3n) is 3.19. The molecule has 0 bridgehead atoms. The van der Waals surface area contributed by atoms with E-state index in [0.717, 1.165) is 13.0 Å². The van der Waals surface area contributed by atoms with Crippen molar-refractivity contribution >= 4 is 5.52 Å². The number of halogens is 4. The second-order valence-corrected chi connectivity index (χ2v) is 4.83. The zero-order chi connectivity index (χ0) is 16.6. The summed E-state index contributed by atoms with van der Waals surface area (Å²) >= 11 is 0. The second-order valence-electron chi connectivity index (χ2n) is 4.83. The molecule has 0 saturated carbocycles. The molecular weight excluding hydrogens is 316 g/mol. The van der Waals surface area contributed by atoms with E-state index in [-0.39, 0.29) is 0 Å². The van der Waals surface area contributed by atoms with Gasteiger partial charge in [-0.2, -0.15) is 13.2 Å². The fourth-order valence-electron chi connectivity index (χ4n) is 1.91. The highest BCUT2D eigenvalue weighted by atomic mass is 19.4. The van der Waals surface area contributed by atoms with Gasteiger partial charge in [-0.1, -0.05) is 5.21 Å². The first kappa shape index (κ1) is 15.2. The molecule has 3 aromatic heterocycles. The van der Waals surface area contributed by atoms with Crippen LogP contribution in [0.5, 0.6) is 5.88 Å². The maximum Gasteiger partial charge on any atom is 0.425 e. The monoisotopic (exact) mass is 326 g/mol. The van der Waals surface area contributed by atoms with E-state index in [0.29, 0.717) is 16.6 Å². The van der Waals surface area contributed by atoms with Crippen molar-refractivity contribution in [3.05, 3.63) is 42.6 Å². The molecule has 120 valence electrons. The average Bonchev–Trinajstić information content (AvgIpc) is 2.95. The summed E-state index contributed by atoms with van der Waals surface area (Å²) in [7, 11) is 0. The summed E-state index contributed by atoms with van der Waals surface area (Å²) < 4.78 is 57.3. The van der Waals surface area contributed by atoms with Crippen LogP contribution in [0.4, 0.5) is 17.6 Å². The van der Waals surface area contributed by atoms with Crippen molar-refractivity contribution in [2.75, 3.05) is 0 Å². The number of hydrogen-bond donors (Lipinski definition) is 0. The predicted molar refractivity (Wildman–Crippen MR) is 72.3 cm³/mol. The first-order valence-electron chi connectivity index (χ1n) is 6.54. The number of alkyl halides is 3. The largest absolute Gasteiger partial charge is 0.463 e. The Bertz CT molecular complexity index is 846. The molecule has 5 nitrogen and oxygen atoms in total. The van der Waals surface area contributed by atoms with Crippen molar-refractivity contribution in [3.63, 3.8) is 0 Å². The van der Waals surface area contributed by atoms with E-state index in [4.69, 9.17) is 0 Å². The normalized spacial score (nSPS) is 13.3. The lowest BCUT2D eigenvalue weighted by Gasteiger charge is -2.17. The lowest BCUT2D eigenvalue weighted by atomic mass is 10.1. The van der Waals surface area contributed by atoms with Gasteiger partial charge in [-0.25, -0.2) is 13.9 Å².